The van der Waals surface area contributed by atoms with Crippen molar-refractivity contribution in [3.05, 3.63) is 47.2 Å². The minimum atomic E-state index is -3.01. The molecule has 0 bridgehead atoms. The second-order valence-corrected chi connectivity index (χ2v) is 8.22. The van der Waals surface area contributed by atoms with Crippen molar-refractivity contribution in [2.24, 2.45) is 0 Å². The highest BCUT2D eigenvalue weighted by atomic mass is 32.2. The van der Waals surface area contributed by atoms with E-state index in [1.54, 1.807) is 22.9 Å². The number of carbonyl (C=O) groups is 1. The van der Waals surface area contributed by atoms with Crippen LogP contribution in [0.25, 0.3) is 0 Å². The quantitative estimate of drug-likeness (QED) is 0.933. The van der Waals surface area contributed by atoms with Crippen LogP contribution in [0.1, 0.15) is 34.1 Å². The molecule has 1 saturated heterocycles. The van der Waals surface area contributed by atoms with Crippen LogP contribution in [0.2, 0.25) is 0 Å². The van der Waals surface area contributed by atoms with E-state index in [0.717, 1.165) is 11.3 Å². The lowest BCUT2D eigenvalue weighted by molar-refractivity contribution is 0.102. The third-order valence-corrected chi connectivity index (χ3v) is 5.72. The monoisotopic (exact) mass is 333 g/mol. The molecule has 3 rings (SSSR count). The van der Waals surface area contributed by atoms with E-state index in [1.165, 1.54) is 0 Å². The second-order valence-electron chi connectivity index (χ2n) is 5.99. The van der Waals surface area contributed by atoms with Crippen LogP contribution in [0.4, 0.5) is 5.82 Å². The maximum Gasteiger partial charge on any atom is 0.256 e. The lowest BCUT2D eigenvalue weighted by Crippen LogP contribution is -2.19. The number of aryl methyl sites for hydroxylation is 2. The molecule has 1 aromatic heterocycles. The molecule has 23 heavy (non-hydrogen) atoms. The third-order valence-electron chi connectivity index (χ3n) is 3.97. The van der Waals surface area contributed by atoms with Crippen LogP contribution in [-0.4, -0.2) is 35.6 Å². The summed E-state index contributed by atoms with van der Waals surface area (Å²) < 4.78 is 25.0. The minimum absolute atomic E-state index is 0.0710. The van der Waals surface area contributed by atoms with E-state index in [1.807, 2.05) is 26.0 Å². The predicted molar refractivity (Wildman–Crippen MR) is 88.4 cm³/mol. The summed E-state index contributed by atoms with van der Waals surface area (Å²) in [6, 6.07) is 8.82. The van der Waals surface area contributed by atoms with Crippen molar-refractivity contribution in [2.75, 3.05) is 16.8 Å². The first-order valence-corrected chi connectivity index (χ1v) is 9.31. The van der Waals surface area contributed by atoms with Crippen molar-refractivity contribution in [1.29, 1.82) is 0 Å². The number of rotatable bonds is 3. The molecule has 1 N–H and O–H groups in total. The average Bonchev–Trinajstić information content (AvgIpc) is 3.02. The van der Waals surface area contributed by atoms with E-state index in [9.17, 15) is 13.2 Å². The number of anilines is 1. The van der Waals surface area contributed by atoms with Gasteiger partial charge in [-0.25, -0.2) is 13.1 Å². The molecule has 1 atom stereocenters. The SMILES string of the molecule is Cc1ccc(C(=O)Nc2cc(C)nn2[C@H]2CCS(=O)(=O)C2)cc1. The van der Waals surface area contributed by atoms with Gasteiger partial charge in [0.25, 0.3) is 5.91 Å². The summed E-state index contributed by atoms with van der Waals surface area (Å²) in [5.74, 6) is 0.547. The molecule has 1 aromatic carbocycles. The Balaban J connectivity index is 1.83. The number of sulfone groups is 1. The summed E-state index contributed by atoms with van der Waals surface area (Å²) >= 11 is 0. The number of aromatic nitrogens is 2. The van der Waals surface area contributed by atoms with Crippen LogP contribution < -0.4 is 5.32 Å². The molecule has 122 valence electrons. The van der Waals surface area contributed by atoms with Crippen molar-refractivity contribution < 1.29 is 13.2 Å². The Kier molecular flexibility index (Phi) is 3.97. The highest BCUT2D eigenvalue weighted by Gasteiger charge is 2.31. The van der Waals surface area contributed by atoms with Crippen LogP contribution in [0.15, 0.2) is 30.3 Å². The predicted octanol–water partition coefficient (Wildman–Crippen LogP) is 2.11. The van der Waals surface area contributed by atoms with Gasteiger partial charge in [-0.1, -0.05) is 17.7 Å². The molecule has 1 amide bonds. The number of nitrogens with one attached hydrogen (secondary N) is 1. The molecule has 7 heteroatoms. The fraction of sp³-hybridized carbons (Fsp3) is 0.375. The van der Waals surface area contributed by atoms with E-state index < -0.39 is 9.84 Å². The third kappa shape index (κ3) is 3.44. The molecule has 1 aliphatic heterocycles. The Morgan fingerprint density at radius 3 is 2.57 bits per heavy atom. The number of benzene rings is 1. The molecule has 0 unspecified atom stereocenters. The maximum absolute atomic E-state index is 12.4. The lowest BCUT2D eigenvalue weighted by atomic mass is 10.1. The number of carbonyl (C=O) groups excluding carboxylic acids is 1. The van der Waals surface area contributed by atoms with Gasteiger partial charge in [0.15, 0.2) is 9.84 Å². The number of hydrogen-bond donors (Lipinski definition) is 1. The largest absolute Gasteiger partial charge is 0.307 e. The first kappa shape index (κ1) is 15.7. The summed E-state index contributed by atoms with van der Waals surface area (Å²) in [7, 11) is -3.01. The van der Waals surface area contributed by atoms with Gasteiger partial charge in [-0.15, -0.1) is 0 Å². The molecule has 6 nitrogen and oxygen atoms in total. The Morgan fingerprint density at radius 1 is 1.26 bits per heavy atom. The van der Waals surface area contributed by atoms with Gasteiger partial charge in [0.2, 0.25) is 0 Å². The molecule has 1 fully saturated rings. The zero-order valence-corrected chi connectivity index (χ0v) is 13.9. The van der Waals surface area contributed by atoms with E-state index in [0.29, 0.717) is 17.8 Å². The Hall–Kier alpha value is -2.15. The first-order valence-electron chi connectivity index (χ1n) is 7.49. The van der Waals surface area contributed by atoms with Crippen LogP contribution in [0, 0.1) is 13.8 Å². The molecule has 1 aliphatic rings. The maximum atomic E-state index is 12.4. The van der Waals surface area contributed by atoms with Gasteiger partial charge < -0.3 is 5.32 Å². The second kappa shape index (κ2) is 5.81. The normalized spacial score (nSPS) is 19.7. The average molecular weight is 333 g/mol. The zero-order valence-electron chi connectivity index (χ0n) is 13.1. The number of hydrogen-bond acceptors (Lipinski definition) is 4. The smallest absolute Gasteiger partial charge is 0.256 e. The molecular weight excluding hydrogens is 314 g/mol. The lowest BCUT2D eigenvalue weighted by Gasteiger charge is -2.13. The fourth-order valence-electron chi connectivity index (χ4n) is 2.75. The standard InChI is InChI=1S/C16H19N3O3S/c1-11-3-5-13(6-4-11)16(20)17-15-9-12(2)18-19(15)14-7-8-23(21,22)10-14/h3-6,9,14H,7-8,10H2,1-2H3,(H,17,20)/t14-/m0/s1. The first-order chi connectivity index (χ1) is 10.8. The van der Waals surface area contributed by atoms with Crippen molar-refractivity contribution in [2.45, 2.75) is 26.3 Å². The van der Waals surface area contributed by atoms with Crippen molar-refractivity contribution in [3.8, 4) is 0 Å². The van der Waals surface area contributed by atoms with Gasteiger partial charge in [0, 0.05) is 11.6 Å². The Labute approximate surface area is 135 Å². The van der Waals surface area contributed by atoms with Crippen molar-refractivity contribution >= 4 is 21.6 Å². The summed E-state index contributed by atoms with van der Waals surface area (Å²) in [5, 5.41) is 7.19. The van der Waals surface area contributed by atoms with Gasteiger partial charge in [0.1, 0.15) is 5.82 Å². The van der Waals surface area contributed by atoms with E-state index in [4.69, 9.17) is 0 Å². The molecule has 2 aromatic rings. The van der Waals surface area contributed by atoms with Crippen molar-refractivity contribution in [3.63, 3.8) is 0 Å². The number of nitrogens with zero attached hydrogens (tertiary/aromatic N) is 2. The molecular formula is C16H19N3O3S. The van der Waals surface area contributed by atoms with E-state index in [2.05, 4.69) is 10.4 Å². The highest BCUT2D eigenvalue weighted by Crippen LogP contribution is 2.27. The van der Waals surface area contributed by atoms with Gasteiger partial charge in [-0.3, -0.25) is 4.79 Å². The molecule has 0 spiro atoms. The summed E-state index contributed by atoms with van der Waals surface area (Å²) in [6.07, 6.45) is 0.525. The fourth-order valence-corrected chi connectivity index (χ4v) is 4.44. The van der Waals surface area contributed by atoms with Gasteiger partial charge in [-0.05, 0) is 32.4 Å². The summed E-state index contributed by atoms with van der Waals surface area (Å²) in [6.45, 7) is 3.78. The van der Waals surface area contributed by atoms with Crippen LogP contribution in [0.3, 0.4) is 0 Å². The molecule has 0 saturated carbocycles. The van der Waals surface area contributed by atoms with Crippen LogP contribution in [-0.2, 0) is 9.84 Å². The van der Waals surface area contributed by atoms with E-state index in [-0.39, 0.29) is 23.5 Å². The summed E-state index contributed by atoms with van der Waals surface area (Å²) in [4.78, 5) is 12.4. The topological polar surface area (TPSA) is 81.1 Å². The number of amides is 1. The minimum Gasteiger partial charge on any atom is -0.307 e. The van der Waals surface area contributed by atoms with Crippen LogP contribution in [0.5, 0.6) is 0 Å². The molecule has 0 aliphatic carbocycles. The molecule has 2 heterocycles. The van der Waals surface area contributed by atoms with Crippen LogP contribution >= 0.6 is 0 Å². The van der Waals surface area contributed by atoms with Gasteiger partial charge >= 0.3 is 0 Å². The van der Waals surface area contributed by atoms with Gasteiger partial charge in [-0.2, -0.15) is 5.10 Å². The molecule has 0 radical (unpaired) electrons. The Bertz CT molecular complexity index is 838. The highest BCUT2D eigenvalue weighted by molar-refractivity contribution is 7.91. The summed E-state index contributed by atoms with van der Waals surface area (Å²) in [5.41, 5.74) is 2.38. The van der Waals surface area contributed by atoms with Gasteiger partial charge in [0.05, 0.1) is 23.2 Å². The Morgan fingerprint density at radius 2 is 1.96 bits per heavy atom. The zero-order chi connectivity index (χ0) is 16.6. The van der Waals surface area contributed by atoms with E-state index >= 15 is 0 Å². The van der Waals surface area contributed by atoms with Crippen molar-refractivity contribution in [1.82, 2.24) is 9.78 Å².